The molecule has 1 N–H and O–H groups in total. The molecule has 106 valence electrons. The van der Waals surface area contributed by atoms with E-state index in [9.17, 15) is 0 Å². The molecule has 3 heteroatoms. The number of nitriles is 1. The quantitative estimate of drug-likeness (QED) is 0.541. The summed E-state index contributed by atoms with van der Waals surface area (Å²) in [6, 6.07) is 2.55. The topological polar surface area (TPSA) is 45.0 Å². The van der Waals surface area contributed by atoms with Crippen molar-refractivity contribution in [3.8, 4) is 6.07 Å². The Morgan fingerprint density at radius 2 is 1.72 bits per heavy atom. The van der Waals surface area contributed by atoms with Crippen LogP contribution in [0.25, 0.3) is 0 Å². The van der Waals surface area contributed by atoms with Crippen LogP contribution >= 0.6 is 0 Å². The summed E-state index contributed by atoms with van der Waals surface area (Å²) in [6.07, 6.45) is 8.54. The van der Waals surface area contributed by atoms with Crippen LogP contribution < -0.4 is 5.32 Å². The van der Waals surface area contributed by atoms with Gasteiger partial charge in [-0.25, -0.2) is 0 Å². The Morgan fingerprint density at radius 1 is 1.06 bits per heavy atom. The van der Waals surface area contributed by atoms with E-state index in [2.05, 4.69) is 32.2 Å². The average Bonchev–Trinajstić information content (AvgIpc) is 2.35. The fourth-order valence-electron chi connectivity index (χ4n) is 1.88. The number of nitrogens with zero attached hydrogens (tertiary/aromatic N) is 1. The summed E-state index contributed by atoms with van der Waals surface area (Å²) in [6.45, 7) is 7.88. The van der Waals surface area contributed by atoms with Gasteiger partial charge in [-0.2, -0.15) is 5.26 Å². The predicted octanol–water partition coefficient (Wildman–Crippen LogP) is 3.64. The first-order chi connectivity index (χ1) is 8.70. The molecule has 0 spiro atoms. The van der Waals surface area contributed by atoms with E-state index in [1.807, 2.05) is 0 Å². The highest BCUT2D eigenvalue weighted by Crippen LogP contribution is 2.05. The van der Waals surface area contributed by atoms with E-state index >= 15 is 0 Å². The first-order valence-corrected chi connectivity index (χ1v) is 7.44. The lowest BCUT2D eigenvalue weighted by Gasteiger charge is -2.14. The number of ether oxygens (including phenoxy) is 1. The number of rotatable bonds is 12. The van der Waals surface area contributed by atoms with Gasteiger partial charge < -0.3 is 4.74 Å². The predicted molar refractivity (Wildman–Crippen MR) is 76.5 cm³/mol. The normalized spacial score (nSPS) is 12.6. The summed E-state index contributed by atoms with van der Waals surface area (Å²) in [5, 5.41) is 12.1. The molecule has 0 aromatic rings. The van der Waals surface area contributed by atoms with Crippen molar-refractivity contribution in [2.45, 2.75) is 77.8 Å². The Balaban J connectivity index is 3.26. The first-order valence-electron chi connectivity index (χ1n) is 7.44. The molecule has 0 bridgehead atoms. The zero-order valence-corrected chi connectivity index (χ0v) is 12.4. The number of hydrogen-bond donors (Lipinski definition) is 1. The Bertz CT molecular complexity index is 211. The first kappa shape index (κ1) is 17.4. The Kier molecular flexibility index (Phi) is 12.4. The lowest BCUT2D eigenvalue weighted by molar-refractivity contribution is 0.123. The van der Waals surface area contributed by atoms with E-state index in [0.717, 1.165) is 19.4 Å². The highest BCUT2D eigenvalue weighted by Gasteiger charge is 2.07. The molecule has 0 rings (SSSR count). The molecule has 0 aliphatic carbocycles. The van der Waals surface area contributed by atoms with Gasteiger partial charge in [-0.3, -0.25) is 5.32 Å². The minimum Gasteiger partial charge on any atom is -0.381 e. The summed E-state index contributed by atoms with van der Waals surface area (Å²) in [5.74, 6) is 0. The number of unbranched alkanes of at least 4 members (excludes halogenated alkanes) is 5. The van der Waals surface area contributed by atoms with Crippen LogP contribution in [0, 0.1) is 11.3 Å². The van der Waals surface area contributed by atoms with Gasteiger partial charge >= 0.3 is 0 Å². The van der Waals surface area contributed by atoms with Gasteiger partial charge in [0.15, 0.2) is 0 Å². The third-order valence-electron chi connectivity index (χ3n) is 2.88. The van der Waals surface area contributed by atoms with Gasteiger partial charge in [0.1, 0.15) is 0 Å². The van der Waals surface area contributed by atoms with Gasteiger partial charge in [-0.15, -0.1) is 0 Å². The lowest BCUT2D eigenvalue weighted by Crippen LogP contribution is -2.34. The van der Waals surface area contributed by atoms with Crippen molar-refractivity contribution in [3.05, 3.63) is 0 Å². The molecule has 0 fully saturated rings. The van der Waals surface area contributed by atoms with E-state index in [-0.39, 0.29) is 6.04 Å². The maximum Gasteiger partial charge on any atom is 0.0976 e. The van der Waals surface area contributed by atoms with Crippen LogP contribution in [0.15, 0.2) is 0 Å². The SMILES string of the molecule is CCCCCCCCOCCC(C#N)NC(C)C. The van der Waals surface area contributed by atoms with Crippen molar-refractivity contribution >= 4 is 0 Å². The second-order valence-electron chi connectivity index (χ2n) is 5.17. The van der Waals surface area contributed by atoms with E-state index < -0.39 is 0 Å². The van der Waals surface area contributed by atoms with Gasteiger partial charge in [0.2, 0.25) is 0 Å². The summed E-state index contributed by atoms with van der Waals surface area (Å²) in [5.41, 5.74) is 0. The van der Waals surface area contributed by atoms with Crippen LogP contribution in [0.2, 0.25) is 0 Å². The number of nitrogens with one attached hydrogen (secondary N) is 1. The van der Waals surface area contributed by atoms with Gasteiger partial charge in [0.25, 0.3) is 0 Å². The highest BCUT2D eigenvalue weighted by molar-refractivity contribution is 4.90. The van der Waals surface area contributed by atoms with Crippen molar-refractivity contribution in [2.75, 3.05) is 13.2 Å². The fourth-order valence-corrected chi connectivity index (χ4v) is 1.88. The molecule has 0 saturated heterocycles. The molecule has 0 aromatic heterocycles. The minimum atomic E-state index is -0.0745. The zero-order valence-electron chi connectivity index (χ0n) is 12.4. The maximum atomic E-state index is 8.93. The molecule has 0 aliphatic rings. The highest BCUT2D eigenvalue weighted by atomic mass is 16.5. The Morgan fingerprint density at radius 3 is 2.33 bits per heavy atom. The van der Waals surface area contributed by atoms with Gasteiger partial charge in [0, 0.05) is 19.3 Å². The smallest absolute Gasteiger partial charge is 0.0976 e. The molecule has 18 heavy (non-hydrogen) atoms. The minimum absolute atomic E-state index is 0.0745. The van der Waals surface area contributed by atoms with Gasteiger partial charge in [-0.1, -0.05) is 39.0 Å². The van der Waals surface area contributed by atoms with Crippen LogP contribution in [0.5, 0.6) is 0 Å². The molecular formula is C15H30N2O. The van der Waals surface area contributed by atoms with E-state index in [1.54, 1.807) is 0 Å². The number of hydrogen-bond acceptors (Lipinski definition) is 3. The maximum absolute atomic E-state index is 8.93. The van der Waals surface area contributed by atoms with Crippen LogP contribution in [-0.4, -0.2) is 25.3 Å². The molecule has 0 amide bonds. The van der Waals surface area contributed by atoms with E-state index in [0.29, 0.717) is 12.6 Å². The summed E-state index contributed by atoms with van der Waals surface area (Å²) < 4.78 is 5.56. The largest absolute Gasteiger partial charge is 0.381 e. The fraction of sp³-hybridized carbons (Fsp3) is 0.933. The second-order valence-corrected chi connectivity index (χ2v) is 5.17. The molecule has 0 aliphatic heterocycles. The summed E-state index contributed by atoms with van der Waals surface area (Å²) >= 11 is 0. The lowest BCUT2D eigenvalue weighted by atomic mass is 10.1. The summed E-state index contributed by atoms with van der Waals surface area (Å²) in [7, 11) is 0. The second kappa shape index (κ2) is 12.9. The van der Waals surface area contributed by atoms with Crippen molar-refractivity contribution in [3.63, 3.8) is 0 Å². The Hall–Kier alpha value is -0.590. The molecule has 0 aromatic carbocycles. The average molecular weight is 254 g/mol. The monoisotopic (exact) mass is 254 g/mol. The van der Waals surface area contributed by atoms with Crippen molar-refractivity contribution in [1.82, 2.24) is 5.32 Å². The molecule has 0 saturated carbocycles. The van der Waals surface area contributed by atoms with Gasteiger partial charge in [0.05, 0.1) is 12.1 Å². The van der Waals surface area contributed by atoms with E-state index in [4.69, 9.17) is 10.00 Å². The van der Waals surface area contributed by atoms with E-state index in [1.165, 1.54) is 32.1 Å². The molecule has 0 heterocycles. The molecular weight excluding hydrogens is 224 g/mol. The van der Waals surface area contributed by atoms with Crippen molar-refractivity contribution < 1.29 is 4.74 Å². The third-order valence-corrected chi connectivity index (χ3v) is 2.88. The summed E-state index contributed by atoms with van der Waals surface area (Å²) in [4.78, 5) is 0. The standard InChI is InChI=1S/C15H30N2O/c1-4-5-6-7-8-9-11-18-12-10-15(13-16)17-14(2)3/h14-15,17H,4-12H2,1-3H3. The molecule has 3 nitrogen and oxygen atoms in total. The molecule has 1 atom stereocenters. The van der Waals surface area contributed by atoms with Crippen molar-refractivity contribution in [1.29, 1.82) is 5.26 Å². The van der Waals surface area contributed by atoms with Crippen molar-refractivity contribution in [2.24, 2.45) is 0 Å². The Labute approximate surface area is 113 Å². The van der Waals surface area contributed by atoms with Crippen LogP contribution in [-0.2, 0) is 4.74 Å². The van der Waals surface area contributed by atoms with Gasteiger partial charge in [-0.05, 0) is 26.7 Å². The molecule has 0 radical (unpaired) electrons. The third kappa shape index (κ3) is 11.9. The zero-order chi connectivity index (χ0) is 13.6. The molecule has 1 unspecified atom stereocenters. The van der Waals surface area contributed by atoms with Crippen LogP contribution in [0.3, 0.4) is 0 Å². The van der Waals surface area contributed by atoms with Crippen LogP contribution in [0.4, 0.5) is 0 Å². The van der Waals surface area contributed by atoms with Crippen LogP contribution in [0.1, 0.15) is 65.7 Å².